The Morgan fingerprint density at radius 3 is 3.00 bits per heavy atom. The molecule has 2 aromatic rings. The van der Waals surface area contributed by atoms with E-state index in [9.17, 15) is 14.4 Å². The first-order valence-corrected chi connectivity index (χ1v) is 7.25. The van der Waals surface area contributed by atoms with Gasteiger partial charge in [-0.15, -0.1) is 0 Å². The zero-order valence-electron chi connectivity index (χ0n) is 11.9. The molecule has 2 aromatic heterocycles. The Bertz CT molecular complexity index is 804. The molecule has 4 N–H and O–H groups in total. The molecule has 1 aliphatic heterocycles. The lowest BCUT2D eigenvalue weighted by Crippen LogP contribution is -2.38. The topological polar surface area (TPSA) is 120 Å². The van der Waals surface area contributed by atoms with E-state index in [1.54, 1.807) is 0 Å². The van der Waals surface area contributed by atoms with Crippen molar-refractivity contribution in [3.8, 4) is 0 Å². The van der Waals surface area contributed by atoms with Crippen molar-refractivity contribution >= 4 is 16.9 Å². The van der Waals surface area contributed by atoms with Crippen LogP contribution >= 0.6 is 0 Å². The second-order valence-corrected chi connectivity index (χ2v) is 5.45. The van der Waals surface area contributed by atoms with E-state index in [0.717, 1.165) is 25.9 Å². The van der Waals surface area contributed by atoms with E-state index in [0.29, 0.717) is 18.0 Å². The molecule has 8 nitrogen and oxygen atoms in total. The molecule has 0 aliphatic carbocycles. The summed E-state index contributed by atoms with van der Waals surface area (Å²) in [4.78, 5) is 43.5. The third kappa shape index (κ3) is 3.06. The van der Waals surface area contributed by atoms with E-state index in [1.807, 2.05) is 0 Å². The van der Waals surface area contributed by atoms with Crippen LogP contribution in [-0.4, -0.2) is 40.5 Å². The van der Waals surface area contributed by atoms with Crippen LogP contribution < -0.4 is 21.9 Å². The summed E-state index contributed by atoms with van der Waals surface area (Å²) < 4.78 is 0. The van der Waals surface area contributed by atoms with Gasteiger partial charge in [-0.3, -0.25) is 19.6 Å². The molecule has 1 fully saturated rings. The summed E-state index contributed by atoms with van der Waals surface area (Å²) in [6, 6.07) is 1.44. The lowest BCUT2D eigenvalue weighted by atomic mass is 10.00. The number of nitrogens with zero attached hydrogens (tertiary/aromatic N) is 1. The van der Waals surface area contributed by atoms with Crippen LogP contribution in [0.4, 0.5) is 0 Å². The minimum absolute atomic E-state index is 0.168. The molecular weight excluding hydrogens is 286 g/mol. The maximum Gasteiger partial charge on any atom is 0.327 e. The predicted molar refractivity (Wildman–Crippen MR) is 80.9 cm³/mol. The number of carbonyl (C=O) groups excluding carboxylic acids is 1. The fraction of sp³-hybridized carbons (Fsp3) is 0.429. The summed E-state index contributed by atoms with van der Waals surface area (Å²) in [7, 11) is 0. The third-order valence-corrected chi connectivity index (χ3v) is 3.80. The summed E-state index contributed by atoms with van der Waals surface area (Å²) in [5.74, 6) is 0.149. The molecule has 3 heterocycles. The summed E-state index contributed by atoms with van der Waals surface area (Å²) in [5.41, 5.74) is -0.708. The molecule has 1 unspecified atom stereocenters. The highest BCUT2D eigenvalue weighted by Gasteiger charge is 2.15. The molecule has 0 bridgehead atoms. The van der Waals surface area contributed by atoms with Gasteiger partial charge < -0.3 is 10.6 Å². The Kier molecular flexibility index (Phi) is 4.01. The predicted octanol–water partition coefficient (Wildman–Crippen LogP) is -0.659. The second kappa shape index (κ2) is 6.10. The number of aromatic amines is 2. The van der Waals surface area contributed by atoms with Gasteiger partial charge in [0.25, 0.3) is 11.5 Å². The molecular formula is C14H17N5O3. The molecule has 0 saturated carbocycles. The van der Waals surface area contributed by atoms with Crippen LogP contribution in [-0.2, 0) is 0 Å². The van der Waals surface area contributed by atoms with E-state index in [4.69, 9.17) is 0 Å². The first kappa shape index (κ1) is 14.5. The van der Waals surface area contributed by atoms with Crippen molar-refractivity contribution in [3.63, 3.8) is 0 Å². The Morgan fingerprint density at radius 2 is 2.23 bits per heavy atom. The number of H-pyrrole nitrogens is 2. The quantitative estimate of drug-likeness (QED) is 0.600. The maximum absolute atomic E-state index is 12.2. The smallest absolute Gasteiger partial charge is 0.327 e. The third-order valence-electron chi connectivity index (χ3n) is 3.80. The maximum atomic E-state index is 12.2. The Hall–Kier alpha value is -2.48. The van der Waals surface area contributed by atoms with E-state index >= 15 is 0 Å². The van der Waals surface area contributed by atoms with E-state index in [1.165, 1.54) is 12.3 Å². The minimum atomic E-state index is -0.619. The molecule has 1 amide bonds. The van der Waals surface area contributed by atoms with Gasteiger partial charge in [0, 0.05) is 12.7 Å². The number of fused-ring (bicyclic) bond motifs is 1. The first-order chi connectivity index (χ1) is 10.6. The van der Waals surface area contributed by atoms with Gasteiger partial charge in [0.15, 0.2) is 0 Å². The van der Waals surface area contributed by atoms with Crippen LogP contribution in [0.1, 0.15) is 23.2 Å². The van der Waals surface area contributed by atoms with Crippen molar-refractivity contribution in [1.29, 1.82) is 0 Å². The van der Waals surface area contributed by atoms with Gasteiger partial charge in [0.05, 0.1) is 10.9 Å². The van der Waals surface area contributed by atoms with Crippen molar-refractivity contribution in [1.82, 2.24) is 25.6 Å². The van der Waals surface area contributed by atoms with Crippen molar-refractivity contribution in [2.75, 3.05) is 19.6 Å². The van der Waals surface area contributed by atoms with Gasteiger partial charge in [0.1, 0.15) is 5.65 Å². The van der Waals surface area contributed by atoms with Gasteiger partial charge in [-0.1, -0.05) is 0 Å². The Balaban J connectivity index is 1.76. The SMILES string of the molecule is O=C(NCC1CCCNC1)c1cnc2[nH]c(=O)[nH]c(=O)c2c1. The molecule has 1 saturated heterocycles. The highest BCUT2D eigenvalue weighted by molar-refractivity contribution is 5.96. The van der Waals surface area contributed by atoms with E-state index in [2.05, 4.69) is 25.6 Å². The van der Waals surface area contributed by atoms with Crippen molar-refractivity contribution < 1.29 is 4.79 Å². The molecule has 116 valence electrons. The number of hydrogen-bond donors (Lipinski definition) is 4. The first-order valence-electron chi connectivity index (χ1n) is 7.25. The number of carbonyl (C=O) groups is 1. The van der Waals surface area contributed by atoms with E-state index < -0.39 is 11.2 Å². The van der Waals surface area contributed by atoms with Crippen LogP contribution in [0.5, 0.6) is 0 Å². The number of aromatic nitrogens is 3. The van der Waals surface area contributed by atoms with Gasteiger partial charge in [-0.05, 0) is 37.9 Å². The molecule has 1 atom stereocenters. The number of hydrogen-bond acceptors (Lipinski definition) is 5. The number of piperidine rings is 1. The van der Waals surface area contributed by atoms with Crippen LogP contribution in [0.25, 0.3) is 11.0 Å². The standard InChI is InChI=1S/C14H17N5O3/c20-12(17-6-8-2-1-3-15-5-8)9-4-10-11(16-7-9)18-14(22)19-13(10)21/h4,7-8,15H,1-3,5-6H2,(H,17,20)(H2,16,18,19,21,22). The lowest BCUT2D eigenvalue weighted by molar-refractivity contribution is 0.0944. The summed E-state index contributed by atoms with van der Waals surface area (Å²) in [6.45, 7) is 2.52. The molecule has 22 heavy (non-hydrogen) atoms. The second-order valence-electron chi connectivity index (χ2n) is 5.45. The van der Waals surface area contributed by atoms with Crippen molar-refractivity contribution in [2.24, 2.45) is 5.92 Å². The summed E-state index contributed by atoms with van der Waals surface area (Å²) >= 11 is 0. The number of rotatable bonds is 3. The zero-order valence-corrected chi connectivity index (χ0v) is 11.9. The highest BCUT2D eigenvalue weighted by atomic mass is 16.2. The lowest BCUT2D eigenvalue weighted by Gasteiger charge is -2.22. The fourth-order valence-corrected chi connectivity index (χ4v) is 2.61. The number of amides is 1. The summed E-state index contributed by atoms with van der Waals surface area (Å²) in [6.07, 6.45) is 3.55. The van der Waals surface area contributed by atoms with Crippen LogP contribution in [0, 0.1) is 5.92 Å². The molecule has 1 aliphatic rings. The highest BCUT2D eigenvalue weighted by Crippen LogP contribution is 2.09. The van der Waals surface area contributed by atoms with Crippen molar-refractivity contribution in [2.45, 2.75) is 12.8 Å². The van der Waals surface area contributed by atoms with Gasteiger partial charge in [-0.25, -0.2) is 9.78 Å². The number of nitrogens with one attached hydrogen (secondary N) is 4. The molecule has 8 heteroatoms. The largest absolute Gasteiger partial charge is 0.352 e. The normalized spacial score (nSPS) is 18.3. The molecule has 0 radical (unpaired) electrons. The van der Waals surface area contributed by atoms with Gasteiger partial charge >= 0.3 is 5.69 Å². The zero-order chi connectivity index (χ0) is 15.5. The van der Waals surface area contributed by atoms with Crippen molar-refractivity contribution in [3.05, 3.63) is 38.7 Å². The molecule has 0 spiro atoms. The molecule has 3 rings (SSSR count). The Morgan fingerprint density at radius 1 is 1.36 bits per heavy atom. The number of pyridine rings is 1. The van der Waals surface area contributed by atoms with Crippen LogP contribution in [0.3, 0.4) is 0 Å². The van der Waals surface area contributed by atoms with Crippen LogP contribution in [0.15, 0.2) is 21.9 Å². The monoisotopic (exact) mass is 303 g/mol. The Labute approximate surface area is 125 Å². The minimum Gasteiger partial charge on any atom is -0.352 e. The van der Waals surface area contributed by atoms with Gasteiger partial charge in [0.2, 0.25) is 0 Å². The summed E-state index contributed by atoms with van der Waals surface area (Å²) in [5, 5.41) is 6.34. The fourth-order valence-electron chi connectivity index (χ4n) is 2.61. The molecule has 0 aromatic carbocycles. The van der Waals surface area contributed by atoms with E-state index in [-0.39, 0.29) is 16.9 Å². The average molecular weight is 303 g/mol. The van der Waals surface area contributed by atoms with Crippen LogP contribution in [0.2, 0.25) is 0 Å². The van der Waals surface area contributed by atoms with Gasteiger partial charge in [-0.2, -0.15) is 0 Å². The average Bonchev–Trinajstić information content (AvgIpc) is 2.53.